The number of halogens is 3. The van der Waals surface area contributed by atoms with Gasteiger partial charge in [0.2, 0.25) is 5.88 Å². The first-order chi connectivity index (χ1) is 18.5. The van der Waals surface area contributed by atoms with Crippen LogP contribution >= 0.6 is 0 Å². The van der Waals surface area contributed by atoms with Gasteiger partial charge >= 0.3 is 6.18 Å². The number of fused-ring (bicyclic) bond motifs is 1. The van der Waals surface area contributed by atoms with E-state index in [0.29, 0.717) is 29.6 Å². The summed E-state index contributed by atoms with van der Waals surface area (Å²) in [6.07, 6.45) is -4.14. The van der Waals surface area contributed by atoms with Gasteiger partial charge in [-0.1, -0.05) is 24.8 Å². The first kappa shape index (κ1) is 28.0. The standard InChI is InChI=1S/C28H32F3N5O3/c1-6-21(28(29,30)31)26(39-23-9-7-8-19-17-35(4)27(37)25(19)23)33-18(2)32-22-11-10-20(16-24(22)38-5)36-14-12-34(3)13-15-36/h6-11,16H,1,12-15,17H2,2-5H3,(H,32,33)/b26-21-. The summed E-state index contributed by atoms with van der Waals surface area (Å²) in [5.41, 5.74) is 1.22. The monoisotopic (exact) mass is 543 g/mol. The zero-order chi connectivity index (χ0) is 28.3. The Morgan fingerprint density at radius 1 is 1.10 bits per heavy atom. The molecule has 1 saturated heterocycles. The molecular formula is C28H32F3N5O3. The molecule has 1 fully saturated rings. The zero-order valence-electron chi connectivity index (χ0n) is 22.4. The van der Waals surface area contributed by atoms with Crippen molar-refractivity contribution in [2.45, 2.75) is 19.6 Å². The Hall–Kier alpha value is -3.99. The van der Waals surface area contributed by atoms with E-state index in [0.717, 1.165) is 31.9 Å². The number of amides is 1. The number of carbonyl (C=O) groups excluding carboxylic acids is 1. The van der Waals surface area contributed by atoms with Gasteiger partial charge in [0.05, 0.1) is 18.4 Å². The Morgan fingerprint density at radius 3 is 2.46 bits per heavy atom. The van der Waals surface area contributed by atoms with Gasteiger partial charge in [0.1, 0.15) is 22.9 Å². The van der Waals surface area contributed by atoms with Crippen molar-refractivity contribution in [1.82, 2.24) is 9.80 Å². The lowest BCUT2D eigenvalue weighted by Gasteiger charge is -2.34. The Balaban J connectivity index is 1.65. The molecule has 39 heavy (non-hydrogen) atoms. The second kappa shape index (κ2) is 11.4. The number of allylic oxidation sites excluding steroid dienone is 2. The fraction of sp³-hybridized carbons (Fsp3) is 0.357. The molecule has 0 saturated carbocycles. The molecule has 0 aromatic heterocycles. The number of carbonyl (C=O) groups is 1. The molecule has 2 heterocycles. The maximum atomic E-state index is 13.9. The number of benzene rings is 2. The van der Waals surface area contributed by atoms with E-state index in [1.807, 2.05) is 12.1 Å². The lowest BCUT2D eigenvalue weighted by molar-refractivity contribution is -0.0905. The average Bonchev–Trinajstić information content (AvgIpc) is 3.18. The third-order valence-corrected chi connectivity index (χ3v) is 6.67. The molecule has 4 rings (SSSR count). The van der Waals surface area contributed by atoms with Crippen molar-refractivity contribution in [3.05, 3.63) is 71.6 Å². The third-order valence-electron chi connectivity index (χ3n) is 6.67. The molecule has 11 heteroatoms. The van der Waals surface area contributed by atoms with Crippen LogP contribution < -0.4 is 19.7 Å². The fourth-order valence-corrected chi connectivity index (χ4v) is 4.54. The van der Waals surface area contributed by atoms with E-state index in [4.69, 9.17) is 9.47 Å². The van der Waals surface area contributed by atoms with Gasteiger partial charge in [-0.3, -0.25) is 4.79 Å². The van der Waals surface area contributed by atoms with Crippen molar-refractivity contribution in [3.63, 3.8) is 0 Å². The van der Waals surface area contributed by atoms with Crippen LogP contribution in [0, 0.1) is 0 Å². The second-order valence-corrected chi connectivity index (χ2v) is 9.47. The number of alkyl halides is 3. The number of amidine groups is 1. The highest BCUT2D eigenvalue weighted by Gasteiger charge is 2.37. The Labute approximate surface area is 226 Å². The third kappa shape index (κ3) is 6.19. The van der Waals surface area contributed by atoms with Gasteiger partial charge in [-0.05, 0) is 37.7 Å². The van der Waals surface area contributed by atoms with Crippen LogP contribution in [0.15, 0.2) is 65.5 Å². The van der Waals surface area contributed by atoms with Crippen molar-refractivity contribution in [2.24, 2.45) is 4.99 Å². The summed E-state index contributed by atoms with van der Waals surface area (Å²) in [7, 11) is 5.22. The van der Waals surface area contributed by atoms with Gasteiger partial charge in [-0.15, -0.1) is 0 Å². The quantitative estimate of drug-likeness (QED) is 0.232. The van der Waals surface area contributed by atoms with Crippen molar-refractivity contribution < 1.29 is 27.4 Å². The van der Waals surface area contributed by atoms with Crippen LogP contribution in [-0.4, -0.2) is 75.1 Å². The highest BCUT2D eigenvalue weighted by atomic mass is 19.4. The summed E-state index contributed by atoms with van der Waals surface area (Å²) in [4.78, 5) is 22.8. The predicted octanol–water partition coefficient (Wildman–Crippen LogP) is 4.90. The Bertz CT molecular complexity index is 1310. The molecule has 1 N–H and O–H groups in total. The van der Waals surface area contributed by atoms with Crippen LogP contribution in [-0.2, 0) is 6.54 Å². The molecule has 0 spiro atoms. The summed E-state index contributed by atoms with van der Waals surface area (Å²) >= 11 is 0. The number of hydrogen-bond acceptors (Lipinski definition) is 6. The summed E-state index contributed by atoms with van der Waals surface area (Å²) in [5.74, 6) is -0.439. The summed E-state index contributed by atoms with van der Waals surface area (Å²) < 4.78 is 53.0. The van der Waals surface area contributed by atoms with Crippen LogP contribution in [0.3, 0.4) is 0 Å². The van der Waals surface area contributed by atoms with Crippen LogP contribution in [0.5, 0.6) is 11.5 Å². The van der Waals surface area contributed by atoms with Crippen molar-refractivity contribution in [3.8, 4) is 11.5 Å². The number of piperazine rings is 1. The summed E-state index contributed by atoms with van der Waals surface area (Å²) in [6.45, 7) is 8.82. The molecule has 2 aromatic rings. The van der Waals surface area contributed by atoms with Gasteiger partial charge in [-0.2, -0.15) is 18.2 Å². The zero-order valence-corrected chi connectivity index (χ0v) is 22.4. The molecule has 0 aliphatic carbocycles. The van der Waals surface area contributed by atoms with Gasteiger partial charge in [0, 0.05) is 51.5 Å². The topological polar surface area (TPSA) is 69.6 Å². The number of nitrogens with one attached hydrogen (secondary N) is 1. The molecule has 208 valence electrons. The van der Waals surface area contributed by atoms with E-state index in [-0.39, 0.29) is 23.1 Å². The molecule has 0 bridgehead atoms. The van der Waals surface area contributed by atoms with E-state index in [1.54, 1.807) is 25.2 Å². The van der Waals surface area contributed by atoms with E-state index in [2.05, 4.69) is 33.7 Å². The van der Waals surface area contributed by atoms with Crippen LogP contribution in [0.25, 0.3) is 0 Å². The normalized spacial score (nSPS) is 17.1. The summed E-state index contributed by atoms with van der Waals surface area (Å²) in [6, 6.07) is 10.4. The van der Waals surface area contributed by atoms with Gasteiger partial charge in [-0.25, -0.2) is 0 Å². The number of methoxy groups -OCH3 is 1. The largest absolute Gasteiger partial charge is 0.494 e. The number of anilines is 2. The first-order valence-corrected chi connectivity index (χ1v) is 12.4. The van der Waals surface area contributed by atoms with E-state index in [1.165, 1.54) is 25.0 Å². The minimum absolute atomic E-state index is 0.00823. The number of hydrogen-bond donors (Lipinski definition) is 1. The Kier molecular flexibility index (Phi) is 8.19. The Morgan fingerprint density at radius 2 is 1.82 bits per heavy atom. The molecular weight excluding hydrogens is 511 g/mol. The van der Waals surface area contributed by atoms with Crippen molar-refractivity contribution in [2.75, 3.05) is 57.6 Å². The van der Waals surface area contributed by atoms with Crippen LogP contribution in [0.1, 0.15) is 22.8 Å². The minimum Gasteiger partial charge on any atom is -0.494 e. The van der Waals surface area contributed by atoms with Crippen molar-refractivity contribution in [1.29, 1.82) is 0 Å². The molecule has 8 nitrogen and oxygen atoms in total. The van der Waals surface area contributed by atoms with Crippen molar-refractivity contribution >= 4 is 23.1 Å². The van der Waals surface area contributed by atoms with E-state index >= 15 is 0 Å². The smallest absolute Gasteiger partial charge is 0.421 e. The SMILES string of the molecule is C=C/C(=C(\N=C(/C)Nc1ccc(N2CCN(C)CC2)cc1OC)Oc1cccc2c1C(=O)N(C)C2)C(F)(F)F. The van der Waals surface area contributed by atoms with Crippen LogP contribution in [0.4, 0.5) is 24.5 Å². The summed E-state index contributed by atoms with van der Waals surface area (Å²) in [5, 5.41) is 3.02. The number of nitrogens with zero attached hydrogens (tertiary/aromatic N) is 4. The fourth-order valence-electron chi connectivity index (χ4n) is 4.54. The molecule has 2 aromatic carbocycles. The number of aliphatic imine (C=N–C) groups is 1. The van der Waals surface area contributed by atoms with E-state index < -0.39 is 17.6 Å². The predicted molar refractivity (Wildman–Crippen MR) is 146 cm³/mol. The maximum Gasteiger partial charge on any atom is 0.421 e. The van der Waals surface area contributed by atoms with Gasteiger partial charge in [0.15, 0.2) is 0 Å². The van der Waals surface area contributed by atoms with Gasteiger partial charge in [0.25, 0.3) is 5.91 Å². The first-order valence-electron chi connectivity index (χ1n) is 12.4. The molecule has 2 aliphatic heterocycles. The average molecular weight is 544 g/mol. The number of ether oxygens (including phenoxy) is 2. The highest BCUT2D eigenvalue weighted by molar-refractivity contribution is 6.01. The number of rotatable bonds is 7. The molecule has 0 atom stereocenters. The number of likely N-dealkylation sites (N-methyl/N-ethyl adjacent to an activating group) is 1. The van der Waals surface area contributed by atoms with Crippen LogP contribution in [0.2, 0.25) is 0 Å². The minimum atomic E-state index is -4.79. The van der Waals surface area contributed by atoms with Gasteiger partial charge < -0.3 is 29.5 Å². The molecule has 1 amide bonds. The lowest BCUT2D eigenvalue weighted by Crippen LogP contribution is -2.44. The molecule has 2 aliphatic rings. The highest BCUT2D eigenvalue weighted by Crippen LogP contribution is 2.36. The molecule has 0 unspecified atom stereocenters. The maximum absolute atomic E-state index is 13.9. The second-order valence-electron chi connectivity index (χ2n) is 9.47. The van der Waals surface area contributed by atoms with E-state index in [9.17, 15) is 18.0 Å². The lowest BCUT2D eigenvalue weighted by atomic mass is 10.1. The molecule has 0 radical (unpaired) electrons.